The largest absolute Gasteiger partial charge is 0.480 e. The minimum Gasteiger partial charge on any atom is -0.480 e. The van der Waals surface area contributed by atoms with E-state index in [2.05, 4.69) is 27.8 Å². The van der Waals surface area contributed by atoms with Crippen molar-refractivity contribution in [2.75, 3.05) is 29.9 Å². The van der Waals surface area contributed by atoms with Crippen molar-refractivity contribution in [3.05, 3.63) is 47.0 Å². The number of benzene rings is 1. The van der Waals surface area contributed by atoms with Crippen LogP contribution in [0.1, 0.15) is 29.5 Å². The standard InChI is InChI=1S/C25H25N5O4/c26-10-16-3-1-2-15-6-14(7-19(15)16)11-27-18-8-17(9-18)21-12-30(25(32)34-21)22-5-4-20-24(28-22)29-23(31)13-33-20/h1-5,14,17-18,21,27H,6-9,11-13H2,(H,28,29,31). The van der Waals surface area contributed by atoms with E-state index in [0.717, 1.165) is 37.8 Å². The highest BCUT2D eigenvalue weighted by Crippen LogP contribution is 2.37. The minimum absolute atomic E-state index is 0.0344. The Kier molecular flexibility index (Phi) is 5.11. The summed E-state index contributed by atoms with van der Waals surface area (Å²) in [5.74, 6) is 1.84. The smallest absolute Gasteiger partial charge is 0.415 e. The van der Waals surface area contributed by atoms with Gasteiger partial charge in [-0.25, -0.2) is 9.78 Å². The second-order valence-corrected chi connectivity index (χ2v) is 9.55. The normalized spacial score (nSPS) is 27.1. The number of nitrogens with one attached hydrogen (secondary N) is 2. The average molecular weight is 460 g/mol. The molecule has 9 nitrogen and oxygen atoms in total. The van der Waals surface area contributed by atoms with Gasteiger partial charge in [0, 0.05) is 12.0 Å². The highest BCUT2D eigenvalue weighted by molar-refractivity contribution is 5.95. The van der Waals surface area contributed by atoms with E-state index in [9.17, 15) is 14.9 Å². The van der Waals surface area contributed by atoms with Crippen LogP contribution in [0.4, 0.5) is 16.4 Å². The third kappa shape index (κ3) is 3.74. The Hall–Kier alpha value is -3.64. The van der Waals surface area contributed by atoms with E-state index in [4.69, 9.17) is 9.47 Å². The van der Waals surface area contributed by atoms with Gasteiger partial charge in [-0.15, -0.1) is 0 Å². The van der Waals surface area contributed by atoms with Crippen LogP contribution in [0, 0.1) is 23.2 Å². The molecule has 1 saturated heterocycles. The molecule has 0 spiro atoms. The van der Waals surface area contributed by atoms with Crippen LogP contribution in [0.25, 0.3) is 0 Å². The van der Waals surface area contributed by atoms with Crippen molar-refractivity contribution in [2.24, 2.45) is 11.8 Å². The maximum Gasteiger partial charge on any atom is 0.415 e. The third-order valence-corrected chi connectivity index (χ3v) is 7.36. The molecule has 1 saturated carbocycles. The Morgan fingerprint density at radius 2 is 2.09 bits per heavy atom. The van der Waals surface area contributed by atoms with E-state index in [-0.39, 0.29) is 18.6 Å². The summed E-state index contributed by atoms with van der Waals surface area (Å²) in [6.07, 6.45) is 3.34. The molecule has 2 aliphatic heterocycles. The molecule has 1 aromatic carbocycles. The summed E-state index contributed by atoms with van der Waals surface area (Å²) in [6.45, 7) is 1.35. The monoisotopic (exact) mass is 459 g/mol. The summed E-state index contributed by atoms with van der Waals surface area (Å²) < 4.78 is 11.0. The zero-order valence-corrected chi connectivity index (χ0v) is 18.6. The quantitative estimate of drug-likeness (QED) is 0.705. The number of cyclic esters (lactones) is 1. The molecule has 0 radical (unpaired) electrons. The summed E-state index contributed by atoms with van der Waals surface area (Å²) in [4.78, 5) is 30.0. The van der Waals surface area contributed by atoms with Crippen molar-refractivity contribution >= 4 is 23.6 Å². The number of aromatic nitrogens is 1. The molecule has 0 bridgehead atoms. The van der Waals surface area contributed by atoms with E-state index in [1.165, 1.54) is 16.0 Å². The number of amides is 2. The van der Waals surface area contributed by atoms with Crippen molar-refractivity contribution in [2.45, 2.75) is 37.8 Å². The highest BCUT2D eigenvalue weighted by atomic mass is 16.6. The maximum atomic E-state index is 12.5. The van der Waals surface area contributed by atoms with E-state index in [0.29, 0.717) is 41.8 Å². The first kappa shape index (κ1) is 20.9. The zero-order chi connectivity index (χ0) is 23.2. The van der Waals surface area contributed by atoms with E-state index < -0.39 is 6.09 Å². The number of hydrogen-bond acceptors (Lipinski definition) is 7. The molecule has 3 heterocycles. The Bertz CT molecular complexity index is 1200. The fourth-order valence-corrected chi connectivity index (χ4v) is 5.47. The summed E-state index contributed by atoms with van der Waals surface area (Å²) in [7, 11) is 0. The summed E-state index contributed by atoms with van der Waals surface area (Å²) in [5.41, 5.74) is 3.32. The first-order valence-corrected chi connectivity index (χ1v) is 11.7. The van der Waals surface area contributed by atoms with Crippen molar-refractivity contribution < 1.29 is 19.1 Å². The lowest BCUT2D eigenvalue weighted by atomic mass is 9.76. The lowest BCUT2D eigenvalue weighted by Crippen LogP contribution is -2.48. The molecule has 2 fully saturated rings. The molecule has 4 aliphatic rings. The van der Waals surface area contributed by atoms with Crippen LogP contribution < -0.4 is 20.3 Å². The average Bonchev–Trinajstić information content (AvgIpc) is 3.40. The van der Waals surface area contributed by atoms with E-state index in [1.807, 2.05) is 12.1 Å². The lowest BCUT2D eigenvalue weighted by Gasteiger charge is -2.38. The molecular formula is C25H25N5O4. The molecule has 2 atom stereocenters. The van der Waals surface area contributed by atoms with Crippen molar-refractivity contribution in [1.29, 1.82) is 5.26 Å². The predicted molar refractivity (Wildman–Crippen MR) is 123 cm³/mol. The lowest BCUT2D eigenvalue weighted by molar-refractivity contribution is -0.118. The number of ether oxygens (including phenoxy) is 2. The molecule has 2 aromatic rings. The molecular weight excluding hydrogens is 434 g/mol. The van der Waals surface area contributed by atoms with Crippen LogP contribution in [0.5, 0.6) is 5.75 Å². The van der Waals surface area contributed by atoms with Gasteiger partial charge >= 0.3 is 6.09 Å². The van der Waals surface area contributed by atoms with Gasteiger partial charge in [0.05, 0.1) is 18.2 Å². The van der Waals surface area contributed by atoms with Crippen LogP contribution in [0.2, 0.25) is 0 Å². The number of carbonyl (C=O) groups is 2. The van der Waals surface area contributed by atoms with Gasteiger partial charge in [-0.05, 0) is 67.5 Å². The number of rotatable bonds is 5. The van der Waals surface area contributed by atoms with Crippen molar-refractivity contribution in [3.8, 4) is 11.8 Å². The molecule has 2 amide bonds. The second kappa shape index (κ2) is 8.29. The Morgan fingerprint density at radius 1 is 1.21 bits per heavy atom. The van der Waals surface area contributed by atoms with E-state index in [1.54, 1.807) is 12.1 Å². The summed E-state index contributed by atoms with van der Waals surface area (Å²) in [5, 5.41) is 15.7. The number of pyridine rings is 1. The molecule has 6 rings (SSSR count). The van der Waals surface area contributed by atoms with Gasteiger partial charge in [0.15, 0.2) is 18.2 Å². The Morgan fingerprint density at radius 3 is 2.94 bits per heavy atom. The molecule has 174 valence electrons. The molecule has 2 unspecified atom stereocenters. The maximum absolute atomic E-state index is 12.5. The van der Waals surface area contributed by atoms with Gasteiger partial charge in [0.1, 0.15) is 11.9 Å². The molecule has 34 heavy (non-hydrogen) atoms. The molecule has 2 aliphatic carbocycles. The number of hydrogen-bond donors (Lipinski definition) is 2. The number of anilines is 2. The Labute approximate surface area is 197 Å². The minimum atomic E-state index is -0.408. The topological polar surface area (TPSA) is 117 Å². The van der Waals surface area contributed by atoms with Crippen LogP contribution in [-0.2, 0) is 22.4 Å². The first-order valence-electron chi connectivity index (χ1n) is 11.7. The van der Waals surface area contributed by atoms with Gasteiger partial charge in [0.25, 0.3) is 5.91 Å². The van der Waals surface area contributed by atoms with Gasteiger partial charge in [0.2, 0.25) is 0 Å². The van der Waals surface area contributed by atoms with Crippen molar-refractivity contribution in [3.63, 3.8) is 0 Å². The number of nitrogens with zero attached hydrogens (tertiary/aromatic N) is 3. The summed E-state index contributed by atoms with van der Waals surface area (Å²) in [6, 6.07) is 12.2. The van der Waals surface area contributed by atoms with Crippen LogP contribution in [-0.4, -0.2) is 48.8 Å². The van der Waals surface area contributed by atoms with Gasteiger partial charge in [-0.1, -0.05) is 12.1 Å². The summed E-state index contributed by atoms with van der Waals surface area (Å²) >= 11 is 0. The van der Waals surface area contributed by atoms with Crippen LogP contribution >= 0.6 is 0 Å². The fraction of sp³-hybridized carbons (Fsp3) is 0.440. The first-order chi connectivity index (χ1) is 16.6. The van der Waals surface area contributed by atoms with Crippen LogP contribution in [0.15, 0.2) is 30.3 Å². The predicted octanol–water partition coefficient (Wildman–Crippen LogP) is 2.39. The molecule has 1 aromatic heterocycles. The number of fused-ring (bicyclic) bond motifs is 2. The van der Waals surface area contributed by atoms with Gasteiger partial charge in [-0.2, -0.15) is 5.26 Å². The molecule has 9 heteroatoms. The molecule has 2 N–H and O–H groups in total. The van der Waals surface area contributed by atoms with Gasteiger partial charge < -0.3 is 20.1 Å². The zero-order valence-electron chi connectivity index (χ0n) is 18.6. The number of carbonyl (C=O) groups excluding carboxylic acids is 2. The van der Waals surface area contributed by atoms with Gasteiger partial charge in [-0.3, -0.25) is 9.69 Å². The third-order valence-electron chi connectivity index (χ3n) is 7.36. The number of nitriles is 1. The fourth-order valence-electron chi connectivity index (χ4n) is 5.47. The van der Waals surface area contributed by atoms with Crippen LogP contribution in [0.3, 0.4) is 0 Å². The van der Waals surface area contributed by atoms with E-state index >= 15 is 0 Å². The van der Waals surface area contributed by atoms with Crippen molar-refractivity contribution in [1.82, 2.24) is 10.3 Å². The highest BCUT2D eigenvalue weighted by Gasteiger charge is 2.44. The Balaban J connectivity index is 1.00. The second-order valence-electron chi connectivity index (χ2n) is 9.55. The SMILES string of the molecule is N#Cc1cccc2c1CC(CNC1CC(C3CN(c4ccc5c(n4)NC(=O)CO5)C(=O)O3)C1)C2.